The van der Waals surface area contributed by atoms with Gasteiger partial charge in [0.15, 0.2) is 0 Å². The molecule has 2 rings (SSSR count). The maximum Gasteiger partial charge on any atom is 0.122 e. The predicted octanol–water partition coefficient (Wildman–Crippen LogP) is 0.721. The van der Waals surface area contributed by atoms with Gasteiger partial charge in [-0.25, -0.2) is 0 Å². The highest BCUT2D eigenvalue weighted by Crippen LogP contribution is 2.28. The number of rotatable bonds is 3. The first-order chi connectivity index (χ1) is 7.63. The van der Waals surface area contributed by atoms with Crippen LogP contribution < -0.4 is 5.32 Å². The lowest BCUT2D eigenvalue weighted by Crippen LogP contribution is -2.50. The quantitative estimate of drug-likeness (QED) is 0.466. The third-order valence-electron chi connectivity index (χ3n) is 3.56. The van der Waals surface area contributed by atoms with Crippen LogP contribution in [-0.2, 0) is 4.74 Å². The minimum absolute atomic E-state index is 0.0106. The number of hydrogen-bond acceptors (Lipinski definition) is 4. The van der Waals surface area contributed by atoms with Crippen molar-refractivity contribution in [2.45, 2.75) is 24.7 Å². The van der Waals surface area contributed by atoms with Gasteiger partial charge in [-0.2, -0.15) is 0 Å². The van der Waals surface area contributed by atoms with Crippen molar-refractivity contribution in [3.63, 3.8) is 0 Å². The molecule has 2 aliphatic rings. The second-order valence-electron chi connectivity index (χ2n) is 5.08. The van der Waals surface area contributed by atoms with Gasteiger partial charge in [-0.15, -0.1) is 0 Å². The lowest BCUT2D eigenvalue weighted by molar-refractivity contribution is -0.0876. The third-order valence-corrected chi connectivity index (χ3v) is 4.72. The van der Waals surface area contributed by atoms with Gasteiger partial charge in [0.1, 0.15) is 5.72 Å². The average molecular weight is 339 g/mol. The number of halogens is 1. The summed E-state index contributed by atoms with van der Waals surface area (Å²) >= 11 is 2.39. The standard InChI is InChI=1S/C11H22IN3O/c1-14-5-3-11(4-6-14)13-7-10(16-11)8-15(2)9-12/h10,13H,3-9H2,1-2H3. The molecule has 1 N–H and O–H groups in total. The second-order valence-corrected chi connectivity index (χ2v) is 5.76. The van der Waals surface area contributed by atoms with Crippen molar-refractivity contribution in [1.29, 1.82) is 0 Å². The average Bonchev–Trinajstić information content (AvgIpc) is 2.66. The van der Waals surface area contributed by atoms with Gasteiger partial charge >= 0.3 is 0 Å². The van der Waals surface area contributed by atoms with E-state index in [9.17, 15) is 0 Å². The minimum atomic E-state index is -0.0106. The number of likely N-dealkylation sites (tertiary alicyclic amines) is 1. The van der Waals surface area contributed by atoms with Gasteiger partial charge in [0, 0.05) is 39.0 Å². The van der Waals surface area contributed by atoms with Crippen LogP contribution in [0.15, 0.2) is 0 Å². The largest absolute Gasteiger partial charge is 0.355 e. The first-order valence-electron chi connectivity index (χ1n) is 5.99. The Bertz CT molecular complexity index is 231. The van der Waals surface area contributed by atoms with Gasteiger partial charge < -0.3 is 9.64 Å². The van der Waals surface area contributed by atoms with E-state index in [0.29, 0.717) is 6.10 Å². The molecule has 0 radical (unpaired) electrons. The van der Waals surface area contributed by atoms with E-state index in [0.717, 1.165) is 43.6 Å². The van der Waals surface area contributed by atoms with Crippen molar-refractivity contribution >= 4 is 22.6 Å². The van der Waals surface area contributed by atoms with Gasteiger partial charge in [-0.05, 0) is 14.1 Å². The number of nitrogens with one attached hydrogen (secondary N) is 1. The van der Waals surface area contributed by atoms with E-state index < -0.39 is 0 Å². The summed E-state index contributed by atoms with van der Waals surface area (Å²) in [6.45, 7) is 4.32. The number of ether oxygens (including phenoxy) is 1. The van der Waals surface area contributed by atoms with E-state index in [-0.39, 0.29) is 5.72 Å². The highest BCUT2D eigenvalue weighted by Gasteiger charge is 2.41. The first kappa shape index (κ1) is 13.0. The van der Waals surface area contributed by atoms with Crippen LogP contribution in [-0.4, -0.2) is 66.5 Å². The van der Waals surface area contributed by atoms with E-state index >= 15 is 0 Å². The molecule has 2 saturated heterocycles. The molecule has 2 heterocycles. The molecule has 0 aromatic heterocycles. The van der Waals surface area contributed by atoms with Crippen molar-refractivity contribution in [3.8, 4) is 0 Å². The predicted molar refractivity (Wildman–Crippen MR) is 73.9 cm³/mol. The van der Waals surface area contributed by atoms with E-state index in [1.165, 1.54) is 0 Å². The molecule has 0 aromatic carbocycles. The Labute approximate surface area is 112 Å². The van der Waals surface area contributed by atoms with Crippen molar-refractivity contribution in [2.75, 3.05) is 44.8 Å². The molecule has 1 unspecified atom stereocenters. The smallest absolute Gasteiger partial charge is 0.122 e. The molecule has 2 fully saturated rings. The Kier molecular flexibility index (Phi) is 4.45. The molecular formula is C11H22IN3O. The van der Waals surface area contributed by atoms with Gasteiger partial charge in [0.2, 0.25) is 0 Å². The topological polar surface area (TPSA) is 27.7 Å². The summed E-state index contributed by atoms with van der Waals surface area (Å²) in [7, 11) is 4.33. The number of nitrogens with zero attached hydrogens (tertiary/aromatic N) is 2. The van der Waals surface area contributed by atoms with Crippen LogP contribution in [0.5, 0.6) is 0 Å². The van der Waals surface area contributed by atoms with Crippen molar-refractivity contribution in [3.05, 3.63) is 0 Å². The van der Waals surface area contributed by atoms with Crippen LogP contribution in [0.1, 0.15) is 12.8 Å². The number of alkyl halides is 1. The molecule has 0 aromatic rings. The first-order valence-corrected chi connectivity index (χ1v) is 7.52. The molecule has 1 atom stereocenters. The summed E-state index contributed by atoms with van der Waals surface area (Å²) in [5.41, 5.74) is -0.0106. The van der Waals surface area contributed by atoms with Crippen LogP contribution in [0.3, 0.4) is 0 Å². The highest BCUT2D eigenvalue weighted by molar-refractivity contribution is 14.1. The number of hydrogen-bond donors (Lipinski definition) is 1. The molecule has 5 heteroatoms. The highest BCUT2D eigenvalue weighted by atomic mass is 127. The Morgan fingerprint density at radius 3 is 2.81 bits per heavy atom. The Morgan fingerprint density at radius 1 is 1.50 bits per heavy atom. The Morgan fingerprint density at radius 2 is 2.19 bits per heavy atom. The zero-order valence-electron chi connectivity index (χ0n) is 10.2. The fourth-order valence-electron chi connectivity index (χ4n) is 2.47. The molecule has 0 aliphatic carbocycles. The van der Waals surface area contributed by atoms with E-state index in [4.69, 9.17) is 4.74 Å². The lowest BCUT2D eigenvalue weighted by Gasteiger charge is -2.37. The Hall–Kier alpha value is 0.570. The second kappa shape index (κ2) is 5.48. The van der Waals surface area contributed by atoms with E-state index in [1.807, 2.05) is 0 Å². The van der Waals surface area contributed by atoms with Crippen LogP contribution in [0.4, 0.5) is 0 Å². The molecule has 0 amide bonds. The molecule has 94 valence electrons. The minimum Gasteiger partial charge on any atom is -0.355 e. The van der Waals surface area contributed by atoms with Crippen LogP contribution in [0.25, 0.3) is 0 Å². The molecule has 4 nitrogen and oxygen atoms in total. The Balaban J connectivity index is 1.82. The molecule has 1 spiro atoms. The van der Waals surface area contributed by atoms with E-state index in [1.54, 1.807) is 0 Å². The fraction of sp³-hybridized carbons (Fsp3) is 1.00. The fourth-order valence-corrected chi connectivity index (χ4v) is 2.75. The molecule has 2 aliphatic heterocycles. The molecular weight excluding hydrogens is 317 g/mol. The van der Waals surface area contributed by atoms with Crippen molar-refractivity contribution < 1.29 is 4.74 Å². The monoisotopic (exact) mass is 339 g/mol. The van der Waals surface area contributed by atoms with Crippen LogP contribution in [0.2, 0.25) is 0 Å². The van der Waals surface area contributed by atoms with E-state index in [2.05, 4.69) is 51.8 Å². The molecule has 0 saturated carbocycles. The summed E-state index contributed by atoms with van der Waals surface area (Å²) in [6.07, 6.45) is 2.60. The lowest BCUT2D eigenvalue weighted by atomic mass is 10.0. The number of piperidine rings is 1. The molecule has 0 bridgehead atoms. The van der Waals surface area contributed by atoms with Gasteiger partial charge in [0.25, 0.3) is 0 Å². The third kappa shape index (κ3) is 3.07. The summed E-state index contributed by atoms with van der Waals surface area (Å²) < 4.78 is 7.29. The van der Waals surface area contributed by atoms with Gasteiger partial charge in [-0.3, -0.25) is 10.2 Å². The van der Waals surface area contributed by atoms with Crippen LogP contribution in [0, 0.1) is 0 Å². The summed E-state index contributed by atoms with van der Waals surface area (Å²) in [6, 6.07) is 0. The maximum absolute atomic E-state index is 6.23. The van der Waals surface area contributed by atoms with Gasteiger partial charge in [0.05, 0.1) is 10.7 Å². The van der Waals surface area contributed by atoms with Gasteiger partial charge in [-0.1, -0.05) is 22.6 Å². The van der Waals surface area contributed by atoms with Crippen molar-refractivity contribution in [2.24, 2.45) is 0 Å². The summed E-state index contributed by atoms with van der Waals surface area (Å²) in [5, 5.41) is 3.59. The summed E-state index contributed by atoms with van der Waals surface area (Å²) in [5.74, 6) is 0. The molecule has 16 heavy (non-hydrogen) atoms. The SMILES string of the molecule is CN1CCC2(CC1)NCC(CN(C)CI)O2. The zero-order valence-corrected chi connectivity index (χ0v) is 12.4. The normalized spacial score (nSPS) is 30.4. The zero-order chi connectivity index (χ0) is 11.6. The summed E-state index contributed by atoms with van der Waals surface area (Å²) in [4.78, 5) is 4.68. The van der Waals surface area contributed by atoms with Crippen molar-refractivity contribution in [1.82, 2.24) is 15.1 Å². The number of likely N-dealkylation sites (N-methyl/N-ethyl adjacent to an activating group) is 1. The maximum atomic E-state index is 6.23. The van der Waals surface area contributed by atoms with Crippen LogP contribution >= 0.6 is 22.6 Å².